The number of nitrogens with zero attached hydrogens (tertiary/aromatic N) is 1. The second-order valence-corrected chi connectivity index (χ2v) is 5.33. The lowest BCUT2D eigenvalue weighted by Gasteiger charge is -2.22. The Labute approximate surface area is 116 Å². The van der Waals surface area contributed by atoms with Gasteiger partial charge in [0.2, 0.25) is 0 Å². The van der Waals surface area contributed by atoms with Crippen LogP contribution in [0.1, 0.15) is 31.4 Å². The van der Waals surface area contributed by atoms with Crippen LogP contribution >= 0.6 is 22.6 Å². The fourth-order valence-electron chi connectivity index (χ4n) is 2.22. The molecule has 0 saturated carbocycles. The van der Waals surface area contributed by atoms with Crippen LogP contribution in [0.15, 0.2) is 24.3 Å². The molecule has 1 aromatic carbocycles. The number of halogens is 1. The first kappa shape index (κ1) is 12.4. The number of likely N-dealkylation sites (tertiary alicyclic amines) is 1. The molecule has 17 heavy (non-hydrogen) atoms. The average Bonchev–Trinajstić information content (AvgIpc) is 2.79. The predicted octanol–water partition coefficient (Wildman–Crippen LogP) is 2.98. The summed E-state index contributed by atoms with van der Waals surface area (Å²) in [5.41, 5.74) is 1.22. The molecule has 0 radical (unpaired) electrons. The first-order valence-electron chi connectivity index (χ1n) is 5.71. The molecule has 1 aromatic rings. The zero-order valence-electron chi connectivity index (χ0n) is 9.74. The second kappa shape index (κ2) is 5.54. The molecule has 1 aliphatic rings. The van der Waals surface area contributed by atoms with Crippen LogP contribution < -0.4 is 0 Å². The van der Waals surface area contributed by atoms with E-state index in [4.69, 9.17) is 0 Å². The maximum atomic E-state index is 11.8. The van der Waals surface area contributed by atoms with Gasteiger partial charge in [-0.25, -0.2) is 0 Å². The maximum Gasteiger partial charge on any atom is 0.298 e. The molecule has 3 heteroatoms. The minimum Gasteiger partial charge on any atom is -0.325 e. The molecule has 0 aromatic heterocycles. The van der Waals surface area contributed by atoms with Crippen LogP contribution in [0.5, 0.6) is 0 Å². The standard InChI is InChI=1S/C14H14INO/c1-2-4-14(17)16-10-3-5-13(16)11-6-8-12(15)9-7-11/h6-9,13H,3,5,10H2,1H3/t13-/m0/s1. The van der Waals surface area contributed by atoms with Crippen molar-refractivity contribution in [2.24, 2.45) is 0 Å². The van der Waals surface area contributed by atoms with E-state index < -0.39 is 0 Å². The van der Waals surface area contributed by atoms with Crippen LogP contribution in [0.4, 0.5) is 0 Å². The minimum absolute atomic E-state index is 0.0476. The number of carbonyl (C=O) groups is 1. The number of hydrogen-bond acceptors (Lipinski definition) is 1. The number of amides is 1. The lowest BCUT2D eigenvalue weighted by molar-refractivity contribution is -0.126. The maximum absolute atomic E-state index is 11.8. The van der Waals surface area contributed by atoms with E-state index >= 15 is 0 Å². The Kier molecular flexibility index (Phi) is 4.06. The van der Waals surface area contributed by atoms with Gasteiger partial charge in [0, 0.05) is 10.1 Å². The van der Waals surface area contributed by atoms with Gasteiger partial charge in [-0.05, 0) is 66.0 Å². The van der Waals surface area contributed by atoms with E-state index in [-0.39, 0.29) is 11.9 Å². The van der Waals surface area contributed by atoms with Gasteiger partial charge in [-0.1, -0.05) is 18.1 Å². The lowest BCUT2D eigenvalue weighted by Crippen LogP contribution is -2.29. The van der Waals surface area contributed by atoms with Crippen molar-refractivity contribution >= 4 is 28.5 Å². The summed E-state index contributed by atoms with van der Waals surface area (Å²) >= 11 is 2.29. The smallest absolute Gasteiger partial charge is 0.298 e. The third-order valence-electron chi connectivity index (χ3n) is 3.00. The van der Waals surface area contributed by atoms with Crippen LogP contribution in [0.25, 0.3) is 0 Å². The largest absolute Gasteiger partial charge is 0.325 e. The van der Waals surface area contributed by atoms with Crippen molar-refractivity contribution in [2.75, 3.05) is 6.54 Å². The van der Waals surface area contributed by atoms with E-state index in [2.05, 4.69) is 58.7 Å². The SMILES string of the molecule is CC#CC(=O)N1CCC[C@H]1c1ccc(I)cc1. The molecule has 1 aliphatic heterocycles. The molecular formula is C14H14INO. The van der Waals surface area contributed by atoms with Crippen molar-refractivity contribution in [1.82, 2.24) is 4.90 Å². The summed E-state index contributed by atoms with van der Waals surface area (Å²) in [6, 6.07) is 8.60. The van der Waals surface area contributed by atoms with Gasteiger partial charge >= 0.3 is 0 Å². The molecule has 0 N–H and O–H groups in total. The van der Waals surface area contributed by atoms with Crippen LogP contribution in [0.2, 0.25) is 0 Å². The van der Waals surface area contributed by atoms with Crippen molar-refractivity contribution in [3.63, 3.8) is 0 Å². The Morgan fingerprint density at radius 2 is 2.12 bits per heavy atom. The van der Waals surface area contributed by atoms with Gasteiger partial charge in [0.25, 0.3) is 5.91 Å². The molecule has 0 aliphatic carbocycles. The van der Waals surface area contributed by atoms with Gasteiger partial charge in [0.1, 0.15) is 0 Å². The van der Waals surface area contributed by atoms with E-state index in [0.29, 0.717) is 0 Å². The second-order valence-electron chi connectivity index (χ2n) is 4.08. The van der Waals surface area contributed by atoms with Crippen LogP contribution in [0, 0.1) is 15.4 Å². The monoisotopic (exact) mass is 339 g/mol. The summed E-state index contributed by atoms with van der Waals surface area (Å²) in [5, 5.41) is 0. The highest BCUT2D eigenvalue weighted by atomic mass is 127. The summed E-state index contributed by atoms with van der Waals surface area (Å²) in [5.74, 6) is 5.27. The van der Waals surface area contributed by atoms with E-state index in [1.165, 1.54) is 9.13 Å². The Bertz CT molecular complexity index is 469. The third kappa shape index (κ3) is 2.81. The van der Waals surface area contributed by atoms with E-state index in [1.54, 1.807) is 6.92 Å². The first-order chi connectivity index (χ1) is 8.22. The molecule has 2 nitrogen and oxygen atoms in total. The summed E-state index contributed by atoms with van der Waals surface area (Å²) in [4.78, 5) is 13.7. The van der Waals surface area contributed by atoms with Gasteiger partial charge in [0.05, 0.1) is 6.04 Å². The van der Waals surface area contributed by atoms with Gasteiger partial charge in [-0.15, -0.1) is 0 Å². The quantitative estimate of drug-likeness (QED) is 0.569. The molecule has 1 atom stereocenters. The van der Waals surface area contributed by atoms with Crippen molar-refractivity contribution in [3.05, 3.63) is 33.4 Å². The molecule has 0 spiro atoms. The summed E-state index contributed by atoms with van der Waals surface area (Å²) in [7, 11) is 0. The molecular weight excluding hydrogens is 325 g/mol. The van der Waals surface area contributed by atoms with E-state index in [9.17, 15) is 4.79 Å². The van der Waals surface area contributed by atoms with E-state index in [1.807, 2.05) is 4.90 Å². The number of hydrogen-bond donors (Lipinski definition) is 0. The normalized spacial score (nSPS) is 18.7. The topological polar surface area (TPSA) is 20.3 Å². The lowest BCUT2D eigenvalue weighted by atomic mass is 10.0. The molecule has 0 unspecified atom stereocenters. The number of rotatable bonds is 1. The minimum atomic E-state index is -0.0476. The predicted molar refractivity (Wildman–Crippen MR) is 76.3 cm³/mol. The summed E-state index contributed by atoms with van der Waals surface area (Å²) in [6.07, 6.45) is 2.10. The fourth-order valence-corrected chi connectivity index (χ4v) is 2.58. The van der Waals surface area contributed by atoms with Gasteiger partial charge < -0.3 is 4.90 Å². The molecule has 1 amide bonds. The third-order valence-corrected chi connectivity index (χ3v) is 3.72. The molecule has 88 valence electrons. The Hall–Kier alpha value is -1.02. The highest BCUT2D eigenvalue weighted by Crippen LogP contribution is 2.31. The van der Waals surface area contributed by atoms with Crippen molar-refractivity contribution in [2.45, 2.75) is 25.8 Å². The van der Waals surface area contributed by atoms with Crippen LogP contribution in [-0.4, -0.2) is 17.4 Å². The van der Waals surface area contributed by atoms with Crippen LogP contribution in [0.3, 0.4) is 0 Å². The summed E-state index contributed by atoms with van der Waals surface area (Å²) in [6.45, 7) is 2.53. The Morgan fingerprint density at radius 3 is 2.76 bits per heavy atom. The van der Waals surface area contributed by atoms with Crippen molar-refractivity contribution in [3.8, 4) is 11.8 Å². The fraction of sp³-hybridized carbons (Fsp3) is 0.357. The average molecular weight is 339 g/mol. The molecule has 1 saturated heterocycles. The summed E-state index contributed by atoms with van der Waals surface area (Å²) < 4.78 is 1.22. The van der Waals surface area contributed by atoms with Gasteiger partial charge in [-0.2, -0.15) is 0 Å². The number of benzene rings is 1. The van der Waals surface area contributed by atoms with Crippen molar-refractivity contribution < 1.29 is 4.79 Å². The van der Waals surface area contributed by atoms with E-state index in [0.717, 1.165) is 19.4 Å². The molecule has 0 bridgehead atoms. The molecule has 1 heterocycles. The zero-order valence-corrected chi connectivity index (χ0v) is 11.9. The first-order valence-corrected chi connectivity index (χ1v) is 6.79. The van der Waals surface area contributed by atoms with Gasteiger partial charge in [-0.3, -0.25) is 4.79 Å². The molecule has 2 rings (SSSR count). The highest BCUT2D eigenvalue weighted by molar-refractivity contribution is 14.1. The molecule has 1 fully saturated rings. The van der Waals surface area contributed by atoms with Gasteiger partial charge in [0.15, 0.2) is 0 Å². The van der Waals surface area contributed by atoms with Crippen LogP contribution in [-0.2, 0) is 4.79 Å². The highest BCUT2D eigenvalue weighted by Gasteiger charge is 2.28. The number of carbonyl (C=O) groups excluding carboxylic acids is 1. The van der Waals surface area contributed by atoms with Crippen molar-refractivity contribution in [1.29, 1.82) is 0 Å². The zero-order chi connectivity index (χ0) is 12.3. The Morgan fingerprint density at radius 1 is 1.41 bits per heavy atom. The Balaban J connectivity index is 2.21.